The molecule has 14 heavy (non-hydrogen) atoms. The summed E-state index contributed by atoms with van der Waals surface area (Å²) in [5.74, 6) is 0. The van der Waals surface area contributed by atoms with E-state index in [1.54, 1.807) is 0 Å². The smallest absolute Gasteiger partial charge is 0.407 e. The molecule has 0 spiro atoms. The highest BCUT2D eigenvalue weighted by Crippen LogP contribution is 2.35. The number of amides is 1. The van der Waals surface area contributed by atoms with Gasteiger partial charge in [-0.1, -0.05) is 0 Å². The number of aliphatic hydroxyl groups is 1. The summed E-state index contributed by atoms with van der Waals surface area (Å²) in [5.41, 5.74) is 0. The molecule has 5 heteroatoms. The number of nitrogens with zero attached hydrogens (tertiary/aromatic N) is 1. The first-order chi connectivity index (χ1) is 6.61. The zero-order valence-corrected chi connectivity index (χ0v) is 7.77. The van der Waals surface area contributed by atoms with Crippen LogP contribution in [0.4, 0.5) is 9.18 Å². The van der Waals surface area contributed by atoms with Crippen LogP contribution in [0.15, 0.2) is 0 Å². The maximum Gasteiger partial charge on any atom is 0.407 e. The molecule has 0 aromatic heterocycles. The molecule has 2 fully saturated rings. The minimum Gasteiger partial charge on any atom is -0.465 e. The molecule has 2 aliphatic rings. The molecule has 2 bridgehead atoms. The van der Waals surface area contributed by atoms with E-state index in [-0.39, 0.29) is 12.5 Å². The molecule has 0 saturated carbocycles. The number of alkyl halides is 1. The predicted octanol–water partition coefficient (Wildman–Crippen LogP) is 0.990. The summed E-state index contributed by atoms with van der Waals surface area (Å²) in [6, 6.07) is -0.816. The summed E-state index contributed by atoms with van der Waals surface area (Å²) in [4.78, 5) is 12.1. The van der Waals surface area contributed by atoms with Crippen molar-refractivity contribution in [2.75, 3.05) is 0 Å². The summed E-state index contributed by atoms with van der Waals surface area (Å²) in [7, 11) is 0. The number of hydrogen-bond donors (Lipinski definition) is 2. The fourth-order valence-corrected chi connectivity index (χ4v) is 2.62. The van der Waals surface area contributed by atoms with Crippen LogP contribution >= 0.6 is 0 Å². The minimum atomic E-state index is -1.41. The number of aliphatic hydroxyl groups excluding tert-OH is 1. The van der Waals surface area contributed by atoms with Crippen molar-refractivity contribution in [3.63, 3.8) is 0 Å². The van der Waals surface area contributed by atoms with Gasteiger partial charge in [-0.05, 0) is 25.7 Å². The van der Waals surface area contributed by atoms with Crippen LogP contribution in [-0.2, 0) is 0 Å². The molecule has 0 aromatic rings. The van der Waals surface area contributed by atoms with Gasteiger partial charge in [0.15, 0.2) is 0 Å². The van der Waals surface area contributed by atoms with Crippen molar-refractivity contribution in [1.29, 1.82) is 0 Å². The van der Waals surface area contributed by atoms with E-state index in [1.165, 1.54) is 4.90 Å². The van der Waals surface area contributed by atoms with Crippen molar-refractivity contribution in [1.82, 2.24) is 4.90 Å². The van der Waals surface area contributed by atoms with Gasteiger partial charge in [-0.15, -0.1) is 0 Å². The molecular formula is C9H14FNO3. The summed E-state index contributed by atoms with van der Waals surface area (Å²) in [6.45, 7) is 0. The third kappa shape index (κ3) is 1.35. The molecule has 2 heterocycles. The fourth-order valence-electron chi connectivity index (χ4n) is 2.62. The van der Waals surface area contributed by atoms with Crippen molar-refractivity contribution in [3.8, 4) is 0 Å². The van der Waals surface area contributed by atoms with Crippen LogP contribution in [0.25, 0.3) is 0 Å². The number of piperidine rings is 2. The molecule has 2 aliphatic heterocycles. The van der Waals surface area contributed by atoms with Gasteiger partial charge in [0.1, 0.15) is 6.17 Å². The Morgan fingerprint density at radius 2 is 2.14 bits per heavy atom. The average molecular weight is 203 g/mol. The molecule has 4 nitrogen and oxygen atoms in total. The van der Waals surface area contributed by atoms with Crippen molar-refractivity contribution < 1.29 is 19.4 Å². The molecule has 0 aromatic carbocycles. The van der Waals surface area contributed by atoms with Crippen LogP contribution in [0.5, 0.6) is 0 Å². The van der Waals surface area contributed by atoms with E-state index in [0.717, 1.165) is 12.8 Å². The van der Waals surface area contributed by atoms with Crippen LogP contribution in [0.1, 0.15) is 25.7 Å². The lowest BCUT2D eigenvalue weighted by atomic mass is 9.82. The second-order valence-electron chi connectivity index (χ2n) is 4.09. The van der Waals surface area contributed by atoms with E-state index in [9.17, 15) is 14.3 Å². The number of fused-ring (bicyclic) bond motifs is 2. The number of rotatable bonds is 0. The fraction of sp³-hybridized carbons (Fsp3) is 0.889. The molecule has 2 saturated heterocycles. The van der Waals surface area contributed by atoms with E-state index in [4.69, 9.17) is 5.11 Å². The van der Waals surface area contributed by atoms with Crippen LogP contribution in [0.2, 0.25) is 0 Å². The Kier molecular flexibility index (Phi) is 2.34. The molecule has 0 radical (unpaired) electrons. The van der Waals surface area contributed by atoms with Crippen molar-refractivity contribution in [2.45, 2.75) is 50.0 Å². The number of carbonyl (C=O) groups is 1. The third-order valence-corrected chi connectivity index (χ3v) is 3.26. The Hall–Kier alpha value is -0.840. The molecule has 2 rings (SSSR count). The first-order valence-corrected chi connectivity index (χ1v) is 4.94. The molecule has 2 N–H and O–H groups in total. The molecule has 4 unspecified atom stereocenters. The lowest BCUT2D eigenvalue weighted by molar-refractivity contribution is -0.0715. The summed E-state index contributed by atoms with van der Waals surface area (Å²) in [6.07, 6.45) is -1.10. The quantitative estimate of drug-likeness (QED) is 0.617. The van der Waals surface area contributed by atoms with E-state index >= 15 is 0 Å². The Morgan fingerprint density at radius 1 is 1.43 bits per heavy atom. The summed E-state index contributed by atoms with van der Waals surface area (Å²) < 4.78 is 13.5. The highest BCUT2D eigenvalue weighted by atomic mass is 19.1. The summed E-state index contributed by atoms with van der Waals surface area (Å²) >= 11 is 0. The minimum absolute atomic E-state index is 0.187. The first-order valence-electron chi connectivity index (χ1n) is 4.94. The van der Waals surface area contributed by atoms with Gasteiger partial charge in [0, 0.05) is 6.04 Å². The Balaban J connectivity index is 2.22. The van der Waals surface area contributed by atoms with Crippen LogP contribution in [0, 0.1) is 0 Å². The van der Waals surface area contributed by atoms with E-state index in [2.05, 4.69) is 0 Å². The highest BCUT2D eigenvalue weighted by molar-refractivity contribution is 5.66. The maximum absolute atomic E-state index is 13.5. The lowest BCUT2D eigenvalue weighted by Gasteiger charge is -2.47. The normalized spacial score (nSPS) is 42.3. The zero-order valence-electron chi connectivity index (χ0n) is 7.77. The van der Waals surface area contributed by atoms with Crippen molar-refractivity contribution in [3.05, 3.63) is 0 Å². The van der Waals surface area contributed by atoms with E-state index in [1.807, 2.05) is 0 Å². The lowest BCUT2D eigenvalue weighted by Crippen LogP contribution is -2.61. The second kappa shape index (κ2) is 3.38. The topological polar surface area (TPSA) is 60.8 Å². The Bertz CT molecular complexity index is 248. The number of hydrogen-bond acceptors (Lipinski definition) is 2. The monoisotopic (exact) mass is 203 g/mol. The predicted molar refractivity (Wildman–Crippen MR) is 46.8 cm³/mol. The molecule has 1 amide bonds. The number of halogens is 1. The van der Waals surface area contributed by atoms with Crippen LogP contribution < -0.4 is 0 Å². The first kappa shape index (κ1) is 9.71. The largest absolute Gasteiger partial charge is 0.465 e. The highest BCUT2D eigenvalue weighted by Gasteiger charge is 2.46. The second-order valence-corrected chi connectivity index (χ2v) is 4.09. The zero-order chi connectivity index (χ0) is 10.3. The SMILES string of the molecule is O=C(O)N1C2CCCC1C(F)C(O)C2. The Morgan fingerprint density at radius 3 is 2.79 bits per heavy atom. The van der Waals surface area contributed by atoms with Crippen molar-refractivity contribution >= 4 is 6.09 Å². The van der Waals surface area contributed by atoms with Gasteiger partial charge in [-0.2, -0.15) is 0 Å². The number of carboxylic acid groups (broad SMARTS) is 1. The summed E-state index contributed by atoms with van der Waals surface area (Å²) in [5, 5.41) is 18.3. The van der Waals surface area contributed by atoms with Crippen LogP contribution in [0.3, 0.4) is 0 Å². The van der Waals surface area contributed by atoms with Gasteiger partial charge in [-0.25, -0.2) is 9.18 Å². The molecular weight excluding hydrogens is 189 g/mol. The van der Waals surface area contributed by atoms with Gasteiger partial charge >= 0.3 is 6.09 Å². The van der Waals surface area contributed by atoms with E-state index in [0.29, 0.717) is 6.42 Å². The van der Waals surface area contributed by atoms with Gasteiger partial charge in [0.05, 0.1) is 12.1 Å². The van der Waals surface area contributed by atoms with Gasteiger partial charge in [-0.3, -0.25) is 4.90 Å². The standard InChI is InChI=1S/C9H14FNO3/c10-8-6-3-1-2-5(4-7(8)12)11(6)9(13)14/h5-8,12H,1-4H2,(H,13,14). The van der Waals surface area contributed by atoms with Crippen LogP contribution in [-0.4, -0.2) is 45.6 Å². The van der Waals surface area contributed by atoms with Gasteiger partial charge in [0.2, 0.25) is 0 Å². The molecule has 80 valence electrons. The van der Waals surface area contributed by atoms with Gasteiger partial charge < -0.3 is 10.2 Å². The molecule has 0 aliphatic carbocycles. The molecule has 4 atom stereocenters. The third-order valence-electron chi connectivity index (χ3n) is 3.26. The Labute approximate surface area is 81.3 Å². The van der Waals surface area contributed by atoms with Gasteiger partial charge in [0.25, 0.3) is 0 Å². The average Bonchev–Trinajstić information content (AvgIpc) is 2.14. The maximum atomic E-state index is 13.5. The van der Waals surface area contributed by atoms with E-state index < -0.39 is 24.4 Å². The van der Waals surface area contributed by atoms with Crippen molar-refractivity contribution in [2.24, 2.45) is 0 Å².